The van der Waals surface area contributed by atoms with Gasteiger partial charge in [-0.2, -0.15) is 0 Å². The number of aromatic nitrogens is 4. The molecule has 3 heterocycles. The van der Waals surface area contributed by atoms with Gasteiger partial charge < -0.3 is 4.90 Å². The summed E-state index contributed by atoms with van der Waals surface area (Å²) in [6.07, 6.45) is 3.43. The van der Waals surface area contributed by atoms with E-state index in [1.807, 2.05) is 22.9 Å². The molecule has 0 amide bonds. The van der Waals surface area contributed by atoms with E-state index in [1.54, 1.807) is 12.4 Å². The van der Waals surface area contributed by atoms with Crippen LogP contribution in [-0.4, -0.2) is 63.0 Å². The minimum atomic E-state index is 0.637. The molecule has 158 valence electrons. The molecule has 0 bridgehead atoms. The number of halogens is 1. The number of piperazine rings is 1. The highest BCUT2D eigenvalue weighted by molar-refractivity contribution is 6.33. The zero-order chi connectivity index (χ0) is 21.2. The van der Waals surface area contributed by atoms with Gasteiger partial charge in [0.15, 0.2) is 0 Å². The van der Waals surface area contributed by atoms with Crippen molar-refractivity contribution in [2.24, 2.45) is 0 Å². The molecule has 1 saturated heterocycles. The van der Waals surface area contributed by atoms with Crippen molar-refractivity contribution in [2.45, 2.75) is 13.1 Å². The Balaban J connectivity index is 1.38. The SMILES string of the molecule is CN1CCN(Cc2cccc(Cn3nnc4ccc(-c5ccncc5Cl)cc43)c2)CC1. The van der Waals surface area contributed by atoms with Crippen LogP contribution in [0.3, 0.4) is 0 Å². The molecule has 4 aromatic rings. The topological polar surface area (TPSA) is 50.1 Å². The van der Waals surface area contributed by atoms with E-state index >= 15 is 0 Å². The lowest BCUT2D eigenvalue weighted by Crippen LogP contribution is -2.43. The highest BCUT2D eigenvalue weighted by atomic mass is 35.5. The number of hydrogen-bond acceptors (Lipinski definition) is 5. The standard InChI is InChI=1S/C24H25ClN6/c1-29-9-11-30(12-10-29)16-18-3-2-4-19(13-18)17-31-24-14-20(5-6-23(24)27-28-31)21-7-8-26-15-22(21)25/h2-8,13-15H,9-12,16-17H2,1H3. The van der Waals surface area contributed by atoms with Gasteiger partial charge >= 0.3 is 0 Å². The average Bonchev–Trinajstić information content (AvgIpc) is 3.18. The number of nitrogens with zero attached hydrogens (tertiary/aromatic N) is 6. The third-order valence-corrected chi connectivity index (χ3v) is 6.22. The maximum absolute atomic E-state index is 6.35. The molecule has 0 radical (unpaired) electrons. The van der Waals surface area contributed by atoms with Crippen molar-refractivity contribution >= 4 is 22.6 Å². The summed E-state index contributed by atoms with van der Waals surface area (Å²) in [5.41, 5.74) is 6.44. The fraction of sp³-hybridized carbons (Fsp3) is 0.292. The molecule has 1 aliphatic rings. The van der Waals surface area contributed by atoms with Gasteiger partial charge in [-0.25, -0.2) is 4.68 Å². The lowest BCUT2D eigenvalue weighted by molar-refractivity contribution is 0.148. The maximum atomic E-state index is 6.35. The number of likely N-dealkylation sites (N-methyl/N-ethyl adjacent to an activating group) is 1. The summed E-state index contributed by atoms with van der Waals surface area (Å²) in [5, 5.41) is 9.39. The van der Waals surface area contributed by atoms with Crippen LogP contribution in [0.1, 0.15) is 11.1 Å². The molecule has 0 N–H and O–H groups in total. The Labute approximate surface area is 187 Å². The molecule has 2 aromatic carbocycles. The van der Waals surface area contributed by atoms with E-state index < -0.39 is 0 Å². The molecule has 6 nitrogen and oxygen atoms in total. The summed E-state index contributed by atoms with van der Waals surface area (Å²) in [6.45, 7) is 6.18. The van der Waals surface area contributed by atoms with Crippen molar-refractivity contribution in [3.63, 3.8) is 0 Å². The first-order valence-electron chi connectivity index (χ1n) is 10.6. The fourth-order valence-electron chi connectivity index (χ4n) is 4.12. The number of benzene rings is 2. The quantitative estimate of drug-likeness (QED) is 0.478. The zero-order valence-electron chi connectivity index (χ0n) is 17.6. The van der Waals surface area contributed by atoms with Gasteiger partial charge in [-0.1, -0.05) is 47.1 Å². The van der Waals surface area contributed by atoms with Crippen molar-refractivity contribution in [1.82, 2.24) is 29.8 Å². The minimum absolute atomic E-state index is 0.637. The van der Waals surface area contributed by atoms with Crippen LogP contribution in [0, 0.1) is 0 Å². The smallest absolute Gasteiger partial charge is 0.113 e. The summed E-state index contributed by atoms with van der Waals surface area (Å²) in [7, 11) is 2.19. The molecule has 5 rings (SSSR count). The van der Waals surface area contributed by atoms with Gasteiger partial charge in [-0.3, -0.25) is 9.88 Å². The molecular formula is C24H25ClN6. The van der Waals surface area contributed by atoms with E-state index in [4.69, 9.17) is 11.6 Å². The predicted octanol–water partition coefficient (Wildman–Crippen LogP) is 3.94. The van der Waals surface area contributed by atoms with Gasteiger partial charge in [0.25, 0.3) is 0 Å². The fourth-order valence-corrected chi connectivity index (χ4v) is 4.35. The first kappa shape index (κ1) is 20.1. The Kier molecular flexibility index (Phi) is 5.68. The molecule has 7 heteroatoms. The number of hydrogen-bond donors (Lipinski definition) is 0. The largest absolute Gasteiger partial charge is 0.304 e. The number of pyridine rings is 1. The lowest BCUT2D eigenvalue weighted by atomic mass is 10.1. The Bertz CT molecular complexity index is 1200. The van der Waals surface area contributed by atoms with Gasteiger partial charge in [-0.15, -0.1) is 5.10 Å². The van der Waals surface area contributed by atoms with E-state index in [0.717, 1.165) is 54.9 Å². The zero-order valence-corrected chi connectivity index (χ0v) is 18.3. The van der Waals surface area contributed by atoms with Gasteiger partial charge in [0.05, 0.1) is 17.1 Å². The summed E-state index contributed by atoms with van der Waals surface area (Å²) in [4.78, 5) is 8.99. The van der Waals surface area contributed by atoms with Crippen LogP contribution in [0.25, 0.3) is 22.2 Å². The van der Waals surface area contributed by atoms with Crippen LogP contribution in [0.2, 0.25) is 5.02 Å². The molecule has 2 aromatic heterocycles. The summed E-state index contributed by atoms with van der Waals surface area (Å²) >= 11 is 6.35. The number of rotatable bonds is 5. The van der Waals surface area contributed by atoms with Crippen LogP contribution in [0.4, 0.5) is 0 Å². The Morgan fingerprint density at radius 1 is 0.935 bits per heavy atom. The van der Waals surface area contributed by atoms with Crippen molar-refractivity contribution in [1.29, 1.82) is 0 Å². The van der Waals surface area contributed by atoms with Crippen LogP contribution >= 0.6 is 11.6 Å². The Morgan fingerprint density at radius 3 is 2.55 bits per heavy atom. The lowest BCUT2D eigenvalue weighted by Gasteiger charge is -2.32. The summed E-state index contributed by atoms with van der Waals surface area (Å²) in [5.74, 6) is 0. The van der Waals surface area contributed by atoms with Crippen molar-refractivity contribution < 1.29 is 0 Å². The Morgan fingerprint density at radius 2 is 1.74 bits per heavy atom. The summed E-state index contributed by atoms with van der Waals surface area (Å²) < 4.78 is 1.96. The molecule has 31 heavy (non-hydrogen) atoms. The van der Waals surface area contributed by atoms with Crippen molar-refractivity contribution in [3.05, 3.63) is 77.1 Å². The molecule has 0 spiro atoms. The predicted molar refractivity (Wildman–Crippen MR) is 124 cm³/mol. The van der Waals surface area contributed by atoms with Crippen molar-refractivity contribution in [2.75, 3.05) is 33.2 Å². The average molecular weight is 433 g/mol. The van der Waals surface area contributed by atoms with Crippen LogP contribution in [0.15, 0.2) is 60.9 Å². The summed E-state index contributed by atoms with van der Waals surface area (Å²) in [6, 6.07) is 16.9. The van der Waals surface area contributed by atoms with Gasteiger partial charge in [0.2, 0.25) is 0 Å². The monoisotopic (exact) mass is 432 g/mol. The van der Waals surface area contributed by atoms with Crippen LogP contribution in [0.5, 0.6) is 0 Å². The van der Waals surface area contributed by atoms with Gasteiger partial charge in [-0.05, 0) is 41.9 Å². The molecule has 0 atom stereocenters. The first-order valence-corrected chi connectivity index (χ1v) is 11.0. The second-order valence-electron chi connectivity index (χ2n) is 8.21. The number of fused-ring (bicyclic) bond motifs is 1. The molecule has 0 aliphatic carbocycles. The third kappa shape index (κ3) is 4.46. The van der Waals surface area contributed by atoms with E-state index in [1.165, 1.54) is 11.1 Å². The second kappa shape index (κ2) is 8.75. The molecule has 1 aliphatic heterocycles. The van der Waals surface area contributed by atoms with E-state index in [2.05, 4.69) is 62.5 Å². The van der Waals surface area contributed by atoms with Gasteiger partial charge in [0.1, 0.15) is 5.52 Å². The second-order valence-corrected chi connectivity index (χ2v) is 8.61. The third-order valence-electron chi connectivity index (χ3n) is 5.92. The van der Waals surface area contributed by atoms with Gasteiger partial charge in [0, 0.05) is 50.7 Å². The molecule has 0 unspecified atom stereocenters. The normalized spacial score (nSPS) is 15.5. The van der Waals surface area contributed by atoms with Crippen LogP contribution in [-0.2, 0) is 13.1 Å². The molecule has 1 fully saturated rings. The maximum Gasteiger partial charge on any atom is 0.113 e. The minimum Gasteiger partial charge on any atom is -0.304 e. The highest BCUT2D eigenvalue weighted by Crippen LogP contribution is 2.29. The first-order chi connectivity index (χ1) is 15.2. The molecule has 0 saturated carbocycles. The Hall–Kier alpha value is -2.80. The van der Waals surface area contributed by atoms with E-state index in [9.17, 15) is 0 Å². The van der Waals surface area contributed by atoms with Crippen molar-refractivity contribution in [3.8, 4) is 11.1 Å². The highest BCUT2D eigenvalue weighted by Gasteiger charge is 2.14. The van der Waals surface area contributed by atoms with E-state index in [0.29, 0.717) is 11.6 Å². The van der Waals surface area contributed by atoms with E-state index in [-0.39, 0.29) is 0 Å². The van der Waals surface area contributed by atoms with Crippen LogP contribution < -0.4 is 0 Å². The molecular weight excluding hydrogens is 408 g/mol.